The highest BCUT2D eigenvalue weighted by atomic mass is 16.5. The lowest BCUT2D eigenvalue weighted by Gasteiger charge is -2.28. The van der Waals surface area contributed by atoms with Crippen LogP contribution in [0.2, 0.25) is 0 Å². The molecule has 0 radical (unpaired) electrons. The van der Waals surface area contributed by atoms with E-state index in [1.807, 2.05) is 0 Å². The summed E-state index contributed by atoms with van der Waals surface area (Å²) < 4.78 is 10.1. The van der Waals surface area contributed by atoms with Gasteiger partial charge < -0.3 is 14.6 Å². The fraction of sp³-hybridized carbons (Fsp3) is 0.462. The van der Waals surface area contributed by atoms with E-state index in [0.717, 1.165) is 29.5 Å². The summed E-state index contributed by atoms with van der Waals surface area (Å²) in [5.74, 6) is -2.18. The van der Waals surface area contributed by atoms with Crippen LogP contribution in [0.4, 0.5) is 0 Å². The van der Waals surface area contributed by atoms with Crippen molar-refractivity contribution in [3.63, 3.8) is 0 Å². The third-order valence-electron chi connectivity index (χ3n) is 2.76. The van der Waals surface area contributed by atoms with Crippen molar-refractivity contribution < 1.29 is 29.0 Å². The molecule has 120 valence electrons. The van der Waals surface area contributed by atoms with Crippen molar-refractivity contribution in [3.05, 3.63) is 24.8 Å². The van der Waals surface area contributed by atoms with Crippen LogP contribution < -0.4 is 0 Å². The van der Waals surface area contributed by atoms with E-state index in [-0.39, 0.29) is 6.61 Å². The number of carbonyl (C=O) groups is 3. The number of nitrogens with zero attached hydrogens (tertiary/aromatic N) is 3. The Bertz CT molecular complexity index is 564. The van der Waals surface area contributed by atoms with E-state index in [1.54, 1.807) is 13.8 Å². The van der Waals surface area contributed by atoms with Crippen LogP contribution in [-0.4, -0.2) is 57.5 Å². The molecule has 9 heteroatoms. The molecule has 0 aliphatic carbocycles. The Balaban J connectivity index is 2.59. The molecule has 0 saturated carbocycles. The van der Waals surface area contributed by atoms with Crippen LogP contribution in [0.1, 0.15) is 18.6 Å². The van der Waals surface area contributed by atoms with Gasteiger partial charge in [-0.15, -0.1) is 0 Å². The van der Waals surface area contributed by atoms with Crippen LogP contribution in [0.5, 0.6) is 0 Å². The number of aliphatic hydroxyl groups is 1. The number of hydrogen-bond donors (Lipinski definition) is 1. The minimum Gasteiger partial charge on any atom is -0.466 e. The highest BCUT2D eigenvalue weighted by molar-refractivity contribution is 5.91. The standard InChI is InChI=1S/C13H17N3O6/c1-13(2,6-22-10(18)5-4-9(17)21-3)11(19)12(20)16-8-14-7-15-16/h4-5,7-8,11,19H,6H2,1-3H3/b5-4+/t11-/m0/s1. The van der Waals surface area contributed by atoms with Crippen molar-refractivity contribution in [2.24, 2.45) is 5.41 Å². The number of aliphatic hydroxyl groups excluding tert-OH is 1. The zero-order valence-corrected chi connectivity index (χ0v) is 12.4. The van der Waals surface area contributed by atoms with E-state index in [4.69, 9.17) is 4.74 Å². The Kier molecular flexibility index (Phi) is 5.93. The molecular formula is C13H17N3O6. The van der Waals surface area contributed by atoms with Crippen LogP contribution in [-0.2, 0) is 19.1 Å². The van der Waals surface area contributed by atoms with Crippen molar-refractivity contribution in [3.8, 4) is 0 Å². The summed E-state index contributed by atoms with van der Waals surface area (Å²) in [6.07, 6.45) is 2.67. The van der Waals surface area contributed by atoms with Crippen molar-refractivity contribution in [2.45, 2.75) is 20.0 Å². The quantitative estimate of drug-likeness (QED) is 0.555. The van der Waals surface area contributed by atoms with Gasteiger partial charge in [0.05, 0.1) is 13.7 Å². The van der Waals surface area contributed by atoms with Gasteiger partial charge in [0, 0.05) is 17.6 Å². The molecular weight excluding hydrogens is 294 g/mol. The molecule has 1 N–H and O–H groups in total. The average molecular weight is 311 g/mol. The van der Waals surface area contributed by atoms with Crippen LogP contribution in [0, 0.1) is 5.41 Å². The molecule has 1 rings (SSSR count). The number of hydrogen-bond acceptors (Lipinski definition) is 8. The van der Waals surface area contributed by atoms with E-state index < -0.39 is 29.4 Å². The lowest BCUT2D eigenvalue weighted by Crippen LogP contribution is -2.42. The molecule has 0 amide bonds. The maximum atomic E-state index is 11.9. The highest BCUT2D eigenvalue weighted by Gasteiger charge is 2.36. The summed E-state index contributed by atoms with van der Waals surface area (Å²) in [5.41, 5.74) is -1.06. The van der Waals surface area contributed by atoms with E-state index in [0.29, 0.717) is 0 Å². The number of rotatable bonds is 6. The maximum absolute atomic E-state index is 11.9. The molecule has 0 spiro atoms. The number of carbonyl (C=O) groups excluding carboxylic acids is 3. The number of ether oxygens (including phenoxy) is 2. The Hall–Kier alpha value is -2.55. The van der Waals surface area contributed by atoms with Crippen molar-refractivity contribution in [1.82, 2.24) is 14.8 Å². The van der Waals surface area contributed by atoms with Crippen LogP contribution in [0.25, 0.3) is 0 Å². The number of esters is 2. The molecule has 0 aliphatic rings. The molecule has 0 unspecified atom stereocenters. The summed E-state index contributed by atoms with van der Waals surface area (Å²) in [5, 5.41) is 13.7. The van der Waals surface area contributed by atoms with Gasteiger partial charge in [0.1, 0.15) is 18.8 Å². The fourth-order valence-electron chi connectivity index (χ4n) is 1.37. The van der Waals surface area contributed by atoms with Gasteiger partial charge in [-0.2, -0.15) is 9.78 Å². The van der Waals surface area contributed by atoms with Gasteiger partial charge in [0.25, 0.3) is 5.91 Å². The summed E-state index contributed by atoms with van der Waals surface area (Å²) in [7, 11) is 1.17. The largest absolute Gasteiger partial charge is 0.466 e. The lowest BCUT2D eigenvalue weighted by molar-refractivity contribution is -0.143. The van der Waals surface area contributed by atoms with Gasteiger partial charge in [-0.25, -0.2) is 14.6 Å². The Morgan fingerprint density at radius 1 is 1.32 bits per heavy atom. The summed E-state index contributed by atoms with van der Waals surface area (Å²) in [6, 6.07) is 0. The van der Waals surface area contributed by atoms with Gasteiger partial charge in [0.15, 0.2) is 0 Å². The first-order chi connectivity index (χ1) is 10.3. The van der Waals surface area contributed by atoms with Gasteiger partial charge in [-0.1, -0.05) is 13.8 Å². The molecule has 0 aromatic carbocycles. The van der Waals surface area contributed by atoms with Gasteiger partial charge in [-0.3, -0.25) is 4.79 Å². The van der Waals surface area contributed by atoms with Crippen molar-refractivity contribution in [2.75, 3.05) is 13.7 Å². The molecule has 1 aromatic heterocycles. The predicted molar refractivity (Wildman–Crippen MR) is 72.6 cm³/mol. The van der Waals surface area contributed by atoms with Crippen LogP contribution in [0.15, 0.2) is 24.8 Å². The topological polar surface area (TPSA) is 121 Å². The molecule has 9 nitrogen and oxygen atoms in total. The normalized spacial score (nSPS) is 12.9. The summed E-state index contributed by atoms with van der Waals surface area (Å²) in [6.45, 7) is 2.85. The smallest absolute Gasteiger partial charge is 0.331 e. The third kappa shape index (κ3) is 4.77. The molecule has 22 heavy (non-hydrogen) atoms. The van der Waals surface area contributed by atoms with Gasteiger partial charge in [0.2, 0.25) is 0 Å². The number of methoxy groups -OCH3 is 1. The first-order valence-corrected chi connectivity index (χ1v) is 6.27. The second-order valence-electron chi connectivity index (χ2n) is 5.03. The molecule has 1 atom stereocenters. The third-order valence-corrected chi connectivity index (χ3v) is 2.76. The van der Waals surface area contributed by atoms with E-state index in [2.05, 4.69) is 14.8 Å². The predicted octanol–water partition coefficient (Wildman–Crippen LogP) is -0.422. The molecule has 0 saturated heterocycles. The number of aromatic nitrogens is 3. The first-order valence-electron chi connectivity index (χ1n) is 6.27. The highest BCUT2D eigenvalue weighted by Crippen LogP contribution is 2.22. The van der Waals surface area contributed by atoms with Gasteiger partial charge in [-0.05, 0) is 0 Å². The van der Waals surface area contributed by atoms with Crippen molar-refractivity contribution in [1.29, 1.82) is 0 Å². The van der Waals surface area contributed by atoms with Crippen molar-refractivity contribution >= 4 is 17.8 Å². The lowest BCUT2D eigenvalue weighted by atomic mass is 9.87. The summed E-state index contributed by atoms with van der Waals surface area (Å²) >= 11 is 0. The Labute approximate surface area is 126 Å². The summed E-state index contributed by atoms with van der Waals surface area (Å²) in [4.78, 5) is 37.8. The fourth-order valence-corrected chi connectivity index (χ4v) is 1.37. The minimum absolute atomic E-state index is 0.237. The second-order valence-corrected chi connectivity index (χ2v) is 5.03. The van der Waals surface area contributed by atoms with Gasteiger partial charge >= 0.3 is 11.9 Å². The molecule has 0 aliphatic heterocycles. The molecule has 1 aromatic rings. The Morgan fingerprint density at radius 2 is 1.95 bits per heavy atom. The zero-order chi connectivity index (χ0) is 16.8. The molecule has 0 bridgehead atoms. The zero-order valence-electron chi connectivity index (χ0n) is 12.4. The van der Waals surface area contributed by atoms with E-state index in [1.165, 1.54) is 7.11 Å². The average Bonchev–Trinajstić information content (AvgIpc) is 3.03. The second kappa shape index (κ2) is 7.46. The minimum atomic E-state index is -1.45. The van der Waals surface area contributed by atoms with E-state index in [9.17, 15) is 19.5 Å². The monoisotopic (exact) mass is 311 g/mol. The molecule has 0 fully saturated rings. The molecule has 1 heterocycles. The van der Waals surface area contributed by atoms with Crippen LogP contribution in [0.3, 0.4) is 0 Å². The van der Waals surface area contributed by atoms with E-state index >= 15 is 0 Å². The maximum Gasteiger partial charge on any atom is 0.331 e. The first kappa shape index (κ1) is 17.5. The SMILES string of the molecule is COC(=O)/C=C/C(=O)OCC(C)(C)[C@@H](O)C(=O)n1cncn1. The van der Waals surface area contributed by atoms with Crippen LogP contribution >= 0.6 is 0 Å². The Morgan fingerprint density at radius 3 is 2.50 bits per heavy atom.